The van der Waals surface area contributed by atoms with Crippen LogP contribution >= 0.6 is 0 Å². The molecule has 5 aromatic rings. The standard InChI is InChI=1S/C30H27N3O4S2/c1-4-39(36,37)20(2)25-18-23-9-6-14-31-28(23)27(19-25)22-7-5-8-24(17-22)30-29(32-15-16-33-30)21-10-12-26(13-11-21)38(3,34)35/h5-20H,4H2,1-3H3. The minimum Gasteiger partial charge on any atom is -0.256 e. The number of rotatable bonds is 7. The minimum atomic E-state index is -3.32. The van der Waals surface area contributed by atoms with Gasteiger partial charge in [0, 0.05) is 52.7 Å². The maximum absolute atomic E-state index is 12.7. The van der Waals surface area contributed by atoms with Crippen molar-refractivity contribution in [3.8, 4) is 33.6 Å². The average molecular weight is 558 g/mol. The van der Waals surface area contributed by atoms with E-state index in [9.17, 15) is 16.8 Å². The van der Waals surface area contributed by atoms with E-state index in [1.807, 2.05) is 48.5 Å². The molecule has 2 aromatic heterocycles. The monoisotopic (exact) mass is 557 g/mol. The van der Waals surface area contributed by atoms with Crippen molar-refractivity contribution in [1.29, 1.82) is 0 Å². The Morgan fingerprint density at radius 1 is 0.718 bits per heavy atom. The molecule has 0 N–H and O–H groups in total. The van der Waals surface area contributed by atoms with Crippen LogP contribution in [0.2, 0.25) is 0 Å². The fourth-order valence-electron chi connectivity index (χ4n) is 4.58. The Hall–Kier alpha value is -3.95. The van der Waals surface area contributed by atoms with Crippen molar-refractivity contribution in [2.45, 2.75) is 24.0 Å². The van der Waals surface area contributed by atoms with Gasteiger partial charge in [-0.3, -0.25) is 15.0 Å². The van der Waals surface area contributed by atoms with Gasteiger partial charge in [-0.1, -0.05) is 43.3 Å². The van der Waals surface area contributed by atoms with Crippen LogP contribution in [-0.4, -0.2) is 43.8 Å². The van der Waals surface area contributed by atoms with Crippen molar-refractivity contribution < 1.29 is 16.8 Å². The first kappa shape index (κ1) is 26.6. The molecule has 0 spiro atoms. The van der Waals surface area contributed by atoms with E-state index in [4.69, 9.17) is 0 Å². The number of sulfone groups is 2. The second-order valence-corrected chi connectivity index (χ2v) is 14.0. The lowest BCUT2D eigenvalue weighted by atomic mass is 9.95. The normalized spacial score (nSPS) is 12.9. The molecule has 5 rings (SSSR count). The molecular formula is C30H27N3O4S2. The highest BCUT2D eigenvalue weighted by molar-refractivity contribution is 7.91. The van der Waals surface area contributed by atoms with Crippen molar-refractivity contribution in [2.24, 2.45) is 0 Å². The summed E-state index contributed by atoms with van der Waals surface area (Å²) >= 11 is 0. The molecule has 0 saturated carbocycles. The summed E-state index contributed by atoms with van der Waals surface area (Å²) in [4.78, 5) is 14.0. The number of pyridine rings is 1. The van der Waals surface area contributed by atoms with Crippen LogP contribution in [0.3, 0.4) is 0 Å². The molecule has 0 bridgehead atoms. The number of fused-ring (bicyclic) bond motifs is 1. The van der Waals surface area contributed by atoms with Gasteiger partial charge in [0.05, 0.1) is 27.0 Å². The van der Waals surface area contributed by atoms with Gasteiger partial charge in [0.25, 0.3) is 0 Å². The molecular weight excluding hydrogens is 530 g/mol. The van der Waals surface area contributed by atoms with Crippen LogP contribution in [0, 0.1) is 0 Å². The summed E-state index contributed by atoms with van der Waals surface area (Å²) in [5, 5.41) is 0.204. The Kier molecular flexibility index (Phi) is 7.05. The van der Waals surface area contributed by atoms with Gasteiger partial charge in [0.15, 0.2) is 19.7 Å². The summed E-state index contributed by atoms with van der Waals surface area (Å²) in [5.41, 5.74) is 5.99. The predicted molar refractivity (Wildman–Crippen MR) is 155 cm³/mol. The third kappa shape index (κ3) is 5.32. The molecule has 0 amide bonds. The van der Waals surface area contributed by atoms with Gasteiger partial charge in [0.2, 0.25) is 0 Å². The van der Waals surface area contributed by atoms with E-state index >= 15 is 0 Å². The van der Waals surface area contributed by atoms with E-state index in [1.54, 1.807) is 56.7 Å². The Balaban J connectivity index is 1.65. The van der Waals surface area contributed by atoms with Crippen LogP contribution in [0.1, 0.15) is 24.7 Å². The number of benzene rings is 3. The molecule has 1 atom stereocenters. The first-order chi connectivity index (χ1) is 18.6. The molecule has 0 aliphatic carbocycles. The summed E-state index contributed by atoms with van der Waals surface area (Å²) in [6.45, 7) is 3.38. The highest BCUT2D eigenvalue weighted by atomic mass is 32.2. The lowest BCUT2D eigenvalue weighted by molar-refractivity contribution is 0.587. The molecule has 3 aromatic carbocycles. The van der Waals surface area contributed by atoms with Crippen molar-refractivity contribution >= 4 is 30.6 Å². The van der Waals surface area contributed by atoms with Gasteiger partial charge in [-0.2, -0.15) is 0 Å². The number of aromatic nitrogens is 3. The fraction of sp³-hybridized carbons (Fsp3) is 0.167. The van der Waals surface area contributed by atoms with Crippen molar-refractivity contribution in [2.75, 3.05) is 12.0 Å². The molecule has 2 heterocycles. The highest BCUT2D eigenvalue weighted by Gasteiger charge is 2.22. The lowest BCUT2D eigenvalue weighted by Gasteiger charge is -2.16. The Labute approximate surface area is 228 Å². The Bertz CT molecular complexity index is 1900. The van der Waals surface area contributed by atoms with E-state index in [0.29, 0.717) is 17.0 Å². The second kappa shape index (κ2) is 10.3. The molecule has 0 radical (unpaired) electrons. The van der Waals surface area contributed by atoms with E-state index in [2.05, 4.69) is 15.0 Å². The van der Waals surface area contributed by atoms with Crippen molar-refractivity contribution in [3.05, 3.63) is 97.0 Å². The second-order valence-electron chi connectivity index (χ2n) is 9.37. The van der Waals surface area contributed by atoms with E-state index < -0.39 is 24.9 Å². The maximum Gasteiger partial charge on any atom is 0.175 e. The average Bonchev–Trinajstić information content (AvgIpc) is 2.96. The van der Waals surface area contributed by atoms with Crippen LogP contribution in [0.15, 0.2) is 96.3 Å². The fourth-order valence-corrected chi connectivity index (χ4v) is 6.26. The van der Waals surface area contributed by atoms with Gasteiger partial charge >= 0.3 is 0 Å². The van der Waals surface area contributed by atoms with Crippen LogP contribution < -0.4 is 0 Å². The molecule has 0 aliphatic rings. The topological polar surface area (TPSA) is 107 Å². The highest BCUT2D eigenvalue weighted by Crippen LogP contribution is 2.36. The Morgan fingerprint density at radius 2 is 1.38 bits per heavy atom. The number of nitrogens with zero attached hydrogens (tertiary/aromatic N) is 3. The third-order valence-electron chi connectivity index (χ3n) is 6.84. The summed E-state index contributed by atoms with van der Waals surface area (Å²) < 4.78 is 49.2. The molecule has 0 saturated heterocycles. The molecule has 9 heteroatoms. The lowest BCUT2D eigenvalue weighted by Crippen LogP contribution is -2.12. The zero-order chi connectivity index (χ0) is 27.8. The molecule has 1 unspecified atom stereocenters. The van der Waals surface area contributed by atoms with Crippen molar-refractivity contribution in [3.63, 3.8) is 0 Å². The number of hydrogen-bond acceptors (Lipinski definition) is 7. The smallest absolute Gasteiger partial charge is 0.175 e. The SMILES string of the molecule is CCS(=O)(=O)C(C)c1cc(-c2cccc(-c3nccnc3-c3ccc(S(C)(=O)=O)cc3)c2)c2ncccc2c1. The molecule has 7 nitrogen and oxygen atoms in total. The molecule has 198 valence electrons. The number of hydrogen-bond donors (Lipinski definition) is 0. The zero-order valence-electron chi connectivity index (χ0n) is 21.7. The molecule has 0 fully saturated rings. The first-order valence-corrected chi connectivity index (χ1v) is 16.0. The van der Waals surface area contributed by atoms with Gasteiger partial charge in [0.1, 0.15) is 0 Å². The quantitative estimate of drug-likeness (QED) is 0.244. The van der Waals surface area contributed by atoms with Gasteiger partial charge in [-0.15, -0.1) is 0 Å². The van der Waals surface area contributed by atoms with Crippen LogP contribution in [0.5, 0.6) is 0 Å². The van der Waals surface area contributed by atoms with Crippen LogP contribution in [0.4, 0.5) is 0 Å². The summed E-state index contributed by atoms with van der Waals surface area (Å²) in [6, 6.07) is 22.0. The van der Waals surface area contributed by atoms with Gasteiger partial charge < -0.3 is 0 Å². The summed E-state index contributed by atoms with van der Waals surface area (Å²) in [7, 11) is -6.61. The molecule has 39 heavy (non-hydrogen) atoms. The van der Waals surface area contributed by atoms with Crippen LogP contribution in [-0.2, 0) is 19.7 Å². The maximum atomic E-state index is 12.7. The summed E-state index contributed by atoms with van der Waals surface area (Å²) in [6.07, 6.45) is 6.12. The van der Waals surface area contributed by atoms with E-state index in [1.165, 1.54) is 6.26 Å². The van der Waals surface area contributed by atoms with Crippen molar-refractivity contribution in [1.82, 2.24) is 15.0 Å². The summed E-state index contributed by atoms with van der Waals surface area (Å²) in [5.74, 6) is 0.0602. The predicted octanol–water partition coefficient (Wildman–Crippen LogP) is 5.93. The Morgan fingerprint density at radius 3 is 2.05 bits per heavy atom. The third-order valence-corrected chi connectivity index (χ3v) is 10.1. The van der Waals surface area contributed by atoms with E-state index in [0.717, 1.165) is 33.2 Å². The molecule has 0 aliphatic heterocycles. The zero-order valence-corrected chi connectivity index (χ0v) is 23.4. The van der Waals surface area contributed by atoms with Gasteiger partial charge in [-0.25, -0.2) is 16.8 Å². The van der Waals surface area contributed by atoms with E-state index in [-0.39, 0.29) is 10.6 Å². The minimum absolute atomic E-state index is 0.0602. The van der Waals surface area contributed by atoms with Crippen LogP contribution in [0.25, 0.3) is 44.5 Å². The first-order valence-electron chi connectivity index (χ1n) is 12.4. The largest absolute Gasteiger partial charge is 0.256 e. The van der Waals surface area contributed by atoms with Gasteiger partial charge in [-0.05, 0) is 54.4 Å².